The van der Waals surface area contributed by atoms with Crippen molar-refractivity contribution in [3.8, 4) is 11.3 Å². The third kappa shape index (κ3) is 3.31. The van der Waals surface area contributed by atoms with Crippen LogP contribution in [0.15, 0.2) is 66.9 Å². The van der Waals surface area contributed by atoms with Crippen molar-refractivity contribution in [3.63, 3.8) is 0 Å². The average molecular weight is 327 g/mol. The Hall–Kier alpha value is -2.94. The minimum Gasteiger partial charge on any atom is -0.276 e. The molecule has 3 heteroatoms. The summed E-state index contributed by atoms with van der Waals surface area (Å²) in [5.41, 5.74) is 6.95. The van der Waals surface area contributed by atoms with Crippen LogP contribution < -0.4 is 0 Å². The molecule has 3 nitrogen and oxygen atoms in total. The van der Waals surface area contributed by atoms with Gasteiger partial charge in [-0.05, 0) is 49.1 Å². The molecule has 2 aromatic heterocycles. The zero-order valence-corrected chi connectivity index (χ0v) is 14.6. The van der Waals surface area contributed by atoms with E-state index in [1.807, 2.05) is 24.0 Å². The van der Waals surface area contributed by atoms with Crippen molar-refractivity contribution < 1.29 is 0 Å². The predicted octanol–water partition coefficient (Wildman–Crippen LogP) is 4.73. The van der Waals surface area contributed by atoms with Crippen LogP contribution in [-0.2, 0) is 19.9 Å². The monoisotopic (exact) mass is 327 g/mol. The number of hydrogen-bond acceptors (Lipinski definition) is 2. The Labute approximate surface area is 148 Å². The summed E-state index contributed by atoms with van der Waals surface area (Å²) >= 11 is 0. The Balaban J connectivity index is 1.56. The standard InChI is InChI=1S/C22H21N3/c1-16-15-19-5-3-4-6-21(19)23-22(16)18-10-7-17(8-11-18)9-12-20-13-14-25(2)24-20/h3-8,10-11,13-15H,9,12H2,1-2H3. The molecule has 2 heterocycles. The van der Waals surface area contributed by atoms with E-state index in [4.69, 9.17) is 4.98 Å². The maximum Gasteiger partial charge on any atom is 0.0738 e. The Morgan fingerprint density at radius 2 is 1.72 bits per heavy atom. The van der Waals surface area contributed by atoms with Crippen molar-refractivity contribution in [3.05, 3.63) is 83.7 Å². The molecule has 0 radical (unpaired) electrons. The number of rotatable bonds is 4. The van der Waals surface area contributed by atoms with Crippen molar-refractivity contribution in [1.82, 2.24) is 14.8 Å². The average Bonchev–Trinajstić information content (AvgIpc) is 3.05. The highest BCUT2D eigenvalue weighted by Gasteiger charge is 2.06. The lowest BCUT2D eigenvalue weighted by Crippen LogP contribution is -1.95. The molecule has 0 aliphatic rings. The van der Waals surface area contributed by atoms with Crippen LogP contribution in [0, 0.1) is 6.92 Å². The first-order valence-electron chi connectivity index (χ1n) is 8.63. The number of aryl methyl sites for hydroxylation is 4. The molecule has 0 amide bonds. The van der Waals surface area contributed by atoms with E-state index in [0.717, 1.165) is 29.7 Å². The lowest BCUT2D eigenvalue weighted by molar-refractivity contribution is 0.737. The molecule has 0 saturated heterocycles. The smallest absolute Gasteiger partial charge is 0.0738 e. The van der Waals surface area contributed by atoms with E-state index < -0.39 is 0 Å². The van der Waals surface area contributed by atoms with Crippen LogP contribution in [0.4, 0.5) is 0 Å². The molecule has 0 bridgehead atoms. The van der Waals surface area contributed by atoms with Gasteiger partial charge in [0.2, 0.25) is 0 Å². The van der Waals surface area contributed by atoms with E-state index in [0.29, 0.717) is 0 Å². The van der Waals surface area contributed by atoms with Crippen LogP contribution >= 0.6 is 0 Å². The second kappa shape index (κ2) is 6.52. The quantitative estimate of drug-likeness (QED) is 0.542. The van der Waals surface area contributed by atoms with Gasteiger partial charge in [-0.2, -0.15) is 5.10 Å². The molecule has 0 atom stereocenters. The lowest BCUT2D eigenvalue weighted by atomic mass is 10.0. The number of hydrogen-bond donors (Lipinski definition) is 0. The topological polar surface area (TPSA) is 30.7 Å². The molecular weight excluding hydrogens is 306 g/mol. The molecule has 25 heavy (non-hydrogen) atoms. The van der Waals surface area contributed by atoms with E-state index in [2.05, 4.69) is 66.6 Å². The Bertz CT molecular complexity index is 1010. The van der Waals surface area contributed by atoms with Gasteiger partial charge in [0.05, 0.1) is 16.9 Å². The molecule has 0 fully saturated rings. The normalized spacial score (nSPS) is 11.1. The third-order valence-corrected chi connectivity index (χ3v) is 4.58. The van der Waals surface area contributed by atoms with Crippen LogP contribution in [0.1, 0.15) is 16.8 Å². The van der Waals surface area contributed by atoms with Crippen molar-refractivity contribution in [2.75, 3.05) is 0 Å². The second-order valence-corrected chi connectivity index (χ2v) is 6.52. The van der Waals surface area contributed by atoms with Crippen molar-refractivity contribution in [1.29, 1.82) is 0 Å². The second-order valence-electron chi connectivity index (χ2n) is 6.52. The van der Waals surface area contributed by atoms with Gasteiger partial charge in [-0.3, -0.25) is 4.68 Å². The van der Waals surface area contributed by atoms with Gasteiger partial charge < -0.3 is 0 Å². The van der Waals surface area contributed by atoms with Crippen LogP contribution in [0.3, 0.4) is 0 Å². The maximum absolute atomic E-state index is 4.86. The molecule has 124 valence electrons. The van der Waals surface area contributed by atoms with Crippen molar-refractivity contribution >= 4 is 10.9 Å². The first-order chi connectivity index (χ1) is 12.2. The SMILES string of the molecule is Cc1cc2ccccc2nc1-c1ccc(CCc2ccn(C)n2)cc1. The van der Waals surface area contributed by atoms with Crippen molar-refractivity contribution in [2.24, 2.45) is 7.05 Å². The molecular formula is C22H21N3. The Morgan fingerprint density at radius 1 is 0.920 bits per heavy atom. The molecule has 0 aliphatic carbocycles. The van der Waals surface area contributed by atoms with Crippen LogP contribution in [-0.4, -0.2) is 14.8 Å². The number of nitrogens with zero attached hydrogens (tertiary/aromatic N) is 3. The van der Waals surface area contributed by atoms with Gasteiger partial charge in [0.15, 0.2) is 0 Å². The molecule has 0 unspecified atom stereocenters. The summed E-state index contributed by atoms with van der Waals surface area (Å²) in [4.78, 5) is 4.86. The summed E-state index contributed by atoms with van der Waals surface area (Å²) in [5.74, 6) is 0. The van der Waals surface area contributed by atoms with Gasteiger partial charge in [-0.1, -0.05) is 42.5 Å². The summed E-state index contributed by atoms with van der Waals surface area (Å²) in [6, 6.07) is 21.3. The molecule has 4 rings (SSSR count). The summed E-state index contributed by atoms with van der Waals surface area (Å²) in [7, 11) is 1.96. The predicted molar refractivity (Wildman–Crippen MR) is 103 cm³/mol. The number of fused-ring (bicyclic) bond motifs is 1. The summed E-state index contributed by atoms with van der Waals surface area (Å²) in [5, 5.41) is 5.63. The van der Waals surface area contributed by atoms with E-state index in [1.165, 1.54) is 22.1 Å². The molecule has 0 saturated carbocycles. The van der Waals surface area contributed by atoms with Crippen LogP contribution in [0.5, 0.6) is 0 Å². The van der Waals surface area contributed by atoms with Crippen LogP contribution in [0.2, 0.25) is 0 Å². The van der Waals surface area contributed by atoms with Gasteiger partial charge in [0, 0.05) is 24.2 Å². The van der Waals surface area contributed by atoms with Crippen LogP contribution in [0.25, 0.3) is 22.2 Å². The third-order valence-electron chi connectivity index (χ3n) is 4.58. The zero-order chi connectivity index (χ0) is 17.2. The molecule has 0 spiro atoms. The fourth-order valence-electron chi connectivity index (χ4n) is 3.21. The fourth-order valence-corrected chi connectivity index (χ4v) is 3.21. The molecule has 4 aromatic rings. The first-order valence-corrected chi connectivity index (χ1v) is 8.63. The van der Waals surface area contributed by atoms with Gasteiger partial charge in [0.25, 0.3) is 0 Å². The highest BCUT2D eigenvalue weighted by molar-refractivity contribution is 5.83. The van der Waals surface area contributed by atoms with Gasteiger partial charge in [-0.25, -0.2) is 4.98 Å². The largest absolute Gasteiger partial charge is 0.276 e. The highest BCUT2D eigenvalue weighted by Crippen LogP contribution is 2.25. The number of benzene rings is 2. The molecule has 0 N–H and O–H groups in total. The summed E-state index contributed by atoms with van der Waals surface area (Å²) in [6.45, 7) is 2.13. The number of aromatic nitrogens is 3. The fraction of sp³-hybridized carbons (Fsp3) is 0.182. The summed E-state index contributed by atoms with van der Waals surface area (Å²) < 4.78 is 1.85. The van der Waals surface area contributed by atoms with E-state index in [1.54, 1.807) is 0 Å². The molecule has 2 aromatic carbocycles. The lowest BCUT2D eigenvalue weighted by Gasteiger charge is -2.08. The number of para-hydroxylation sites is 1. The number of pyridine rings is 1. The highest BCUT2D eigenvalue weighted by atomic mass is 15.2. The Kier molecular flexibility index (Phi) is 4.06. The summed E-state index contributed by atoms with van der Waals surface area (Å²) in [6.07, 6.45) is 3.96. The van der Waals surface area contributed by atoms with E-state index in [-0.39, 0.29) is 0 Å². The Morgan fingerprint density at radius 3 is 2.48 bits per heavy atom. The molecule has 0 aliphatic heterocycles. The minimum absolute atomic E-state index is 0.966. The maximum atomic E-state index is 4.86. The zero-order valence-electron chi connectivity index (χ0n) is 14.6. The van der Waals surface area contributed by atoms with E-state index in [9.17, 15) is 0 Å². The minimum atomic E-state index is 0.966. The van der Waals surface area contributed by atoms with Gasteiger partial charge in [-0.15, -0.1) is 0 Å². The first kappa shape index (κ1) is 15.6. The van der Waals surface area contributed by atoms with E-state index >= 15 is 0 Å². The van der Waals surface area contributed by atoms with Crippen molar-refractivity contribution in [2.45, 2.75) is 19.8 Å². The van der Waals surface area contributed by atoms with Gasteiger partial charge in [0.1, 0.15) is 0 Å². The van der Waals surface area contributed by atoms with Gasteiger partial charge >= 0.3 is 0 Å².